The summed E-state index contributed by atoms with van der Waals surface area (Å²) in [5, 5.41) is 4.44. The van der Waals surface area contributed by atoms with Crippen molar-refractivity contribution in [2.75, 3.05) is 7.11 Å². The summed E-state index contributed by atoms with van der Waals surface area (Å²) >= 11 is 0. The molecule has 0 N–H and O–H groups in total. The molecule has 0 saturated heterocycles. The predicted molar refractivity (Wildman–Crippen MR) is 67.2 cm³/mol. The minimum atomic E-state index is -0.355. The van der Waals surface area contributed by atoms with Crippen LogP contribution in [0.4, 0.5) is 0 Å². The Bertz CT molecular complexity index is 594. The smallest absolute Gasteiger partial charge is 0.330 e. The number of aromatic nitrogens is 4. The van der Waals surface area contributed by atoms with Gasteiger partial charge in [-0.1, -0.05) is 0 Å². The van der Waals surface area contributed by atoms with Gasteiger partial charge in [-0.3, -0.25) is 4.98 Å². The number of esters is 1. The van der Waals surface area contributed by atoms with Crippen molar-refractivity contribution >= 4 is 5.97 Å². The zero-order valence-corrected chi connectivity index (χ0v) is 10.6. The van der Waals surface area contributed by atoms with Gasteiger partial charge in [-0.15, -0.1) is 5.10 Å². The minimum absolute atomic E-state index is 0.261. The maximum atomic E-state index is 11.8. The molecular weight excluding hydrogens is 244 g/mol. The quantitative estimate of drug-likeness (QED) is 0.761. The summed E-state index contributed by atoms with van der Waals surface area (Å²) in [6.45, 7) is 0. The third-order valence-electron chi connectivity index (χ3n) is 3.27. The molecule has 1 aliphatic heterocycles. The first-order valence-electron chi connectivity index (χ1n) is 6.23. The number of nitrogens with zero attached hydrogens (tertiary/aromatic N) is 4. The lowest BCUT2D eigenvalue weighted by atomic mass is 10.1. The molecule has 6 heteroatoms. The van der Waals surface area contributed by atoms with E-state index in [9.17, 15) is 4.79 Å². The van der Waals surface area contributed by atoms with Gasteiger partial charge < -0.3 is 4.74 Å². The molecular formula is C13H14N4O2. The Balaban J connectivity index is 2.00. The molecule has 3 heterocycles. The number of hydrogen-bond donors (Lipinski definition) is 0. The van der Waals surface area contributed by atoms with Crippen LogP contribution in [0.2, 0.25) is 0 Å². The van der Waals surface area contributed by atoms with Crippen LogP contribution in [0.3, 0.4) is 0 Å². The van der Waals surface area contributed by atoms with Gasteiger partial charge in [0.2, 0.25) is 0 Å². The average Bonchev–Trinajstić information content (AvgIpc) is 2.91. The molecule has 0 fully saturated rings. The largest absolute Gasteiger partial charge is 0.467 e. The molecule has 1 atom stereocenters. The van der Waals surface area contributed by atoms with Crippen molar-refractivity contribution in [1.82, 2.24) is 19.7 Å². The molecule has 0 amide bonds. The lowest BCUT2D eigenvalue weighted by Gasteiger charge is -2.20. The van der Waals surface area contributed by atoms with E-state index in [1.165, 1.54) is 7.11 Å². The molecule has 0 spiro atoms. The molecule has 98 valence electrons. The second-order valence-corrected chi connectivity index (χ2v) is 4.47. The van der Waals surface area contributed by atoms with Crippen molar-refractivity contribution in [2.45, 2.75) is 25.3 Å². The van der Waals surface area contributed by atoms with Crippen LogP contribution >= 0.6 is 0 Å². The SMILES string of the molecule is COC(=O)C1CCCc2nc(-c3cccnc3)nn21. The topological polar surface area (TPSA) is 69.9 Å². The van der Waals surface area contributed by atoms with Gasteiger partial charge in [0.05, 0.1) is 7.11 Å². The highest BCUT2D eigenvalue weighted by atomic mass is 16.5. The van der Waals surface area contributed by atoms with E-state index < -0.39 is 0 Å². The summed E-state index contributed by atoms with van der Waals surface area (Å²) in [6, 6.07) is 3.39. The number of hydrogen-bond acceptors (Lipinski definition) is 5. The van der Waals surface area contributed by atoms with Crippen LogP contribution in [-0.2, 0) is 16.0 Å². The van der Waals surface area contributed by atoms with Crippen LogP contribution in [0.25, 0.3) is 11.4 Å². The number of fused-ring (bicyclic) bond motifs is 1. The van der Waals surface area contributed by atoms with E-state index in [1.54, 1.807) is 17.1 Å². The number of methoxy groups -OCH3 is 1. The maximum absolute atomic E-state index is 11.8. The predicted octanol–water partition coefficient (Wildman–Crippen LogP) is 1.39. The molecule has 1 aliphatic rings. The Morgan fingerprint density at radius 3 is 3.16 bits per heavy atom. The van der Waals surface area contributed by atoms with Gasteiger partial charge in [0.1, 0.15) is 5.82 Å². The highest BCUT2D eigenvalue weighted by molar-refractivity contribution is 5.74. The van der Waals surface area contributed by atoms with Crippen molar-refractivity contribution in [2.24, 2.45) is 0 Å². The van der Waals surface area contributed by atoms with Crippen molar-refractivity contribution in [3.63, 3.8) is 0 Å². The second kappa shape index (κ2) is 4.79. The lowest BCUT2D eigenvalue weighted by Crippen LogP contribution is -2.27. The van der Waals surface area contributed by atoms with Crippen molar-refractivity contribution in [3.05, 3.63) is 30.4 Å². The zero-order chi connectivity index (χ0) is 13.2. The summed E-state index contributed by atoms with van der Waals surface area (Å²) in [6.07, 6.45) is 5.92. The maximum Gasteiger partial charge on any atom is 0.330 e. The van der Waals surface area contributed by atoms with E-state index in [1.807, 2.05) is 12.1 Å². The second-order valence-electron chi connectivity index (χ2n) is 4.47. The first kappa shape index (κ1) is 11.8. The molecule has 0 saturated carbocycles. The molecule has 2 aromatic heterocycles. The molecule has 0 radical (unpaired) electrons. The normalized spacial score (nSPS) is 17.8. The van der Waals surface area contributed by atoms with Crippen LogP contribution < -0.4 is 0 Å². The first-order chi connectivity index (χ1) is 9.29. The van der Waals surface area contributed by atoms with E-state index in [2.05, 4.69) is 15.1 Å². The van der Waals surface area contributed by atoms with Gasteiger partial charge >= 0.3 is 5.97 Å². The van der Waals surface area contributed by atoms with Gasteiger partial charge in [-0.2, -0.15) is 0 Å². The van der Waals surface area contributed by atoms with Crippen LogP contribution in [0.5, 0.6) is 0 Å². The number of carbonyl (C=O) groups is 1. The fourth-order valence-electron chi connectivity index (χ4n) is 2.32. The third-order valence-corrected chi connectivity index (χ3v) is 3.27. The molecule has 19 heavy (non-hydrogen) atoms. The number of rotatable bonds is 2. The highest BCUT2D eigenvalue weighted by Crippen LogP contribution is 2.26. The lowest BCUT2D eigenvalue weighted by molar-refractivity contribution is -0.145. The number of carbonyl (C=O) groups excluding carboxylic acids is 1. The third kappa shape index (κ3) is 2.09. The monoisotopic (exact) mass is 258 g/mol. The van der Waals surface area contributed by atoms with Crippen LogP contribution in [0, 0.1) is 0 Å². The summed E-state index contributed by atoms with van der Waals surface area (Å²) < 4.78 is 6.51. The fourth-order valence-corrected chi connectivity index (χ4v) is 2.32. The van der Waals surface area contributed by atoms with Gasteiger partial charge in [0.25, 0.3) is 0 Å². The van der Waals surface area contributed by atoms with Crippen LogP contribution in [0.15, 0.2) is 24.5 Å². The molecule has 0 aromatic carbocycles. The summed E-state index contributed by atoms with van der Waals surface area (Å²) in [5.41, 5.74) is 0.855. The standard InChI is InChI=1S/C13H14N4O2/c1-19-13(18)10-5-2-6-11-15-12(16-17(10)11)9-4-3-7-14-8-9/h3-4,7-8,10H,2,5-6H2,1H3. The van der Waals surface area contributed by atoms with Crippen LogP contribution in [0.1, 0.15) is 24.7 Å². The molecule has 3 rings (SSSR count). The number of ether oxygens (including phenoxy) is 1. The molecule has 1 unspecified atom stereocenters. The molecule has 0 bridgehead atoms. The van der Waals surface area contributed by atoms with E-state index >= 15 is 0 Å². The molecule has 0 aliphatic carbocycles. The van der Waals surface area contributed by atoms with Gasteiger partial charge in [0, 0.05) is 24.4 Å². The van der Waals surface area contributed by atoms with Gasteiger partial charge in [-0.25, -0.2) is 14.5 Å². The van der Waals surface area contributed by atoms with Crippen molar-refractivity contribution in [1.29, 1.82) is 0 Å². The Hall–Kier alpha value is -2.24. The summed E-state index contributed by atoms with van der Waals surface area (Å²) in [7, 11) is 1.40. The van der Waals surface area contributed by atoms with E-state index in [4.69, 9.17) is 4.74 Å². The zero-order valence-electron chi connectivity index (χ0n) is 10.6. The minimum Gasteiger partial charge on any atom is -0.467 e. The summed E-state index contributed by atoms with van der Waals surface area (Å²) in [5.74, 6) is 1.18. The van der Waals surface area contributed by atoms with Gasteiger partial charge in [-0.05, 0) is 25.0 Å². The van der Waals surface area contributed by atoms with Gasteiger partial charge in [0.15, 0.2) is 11.9 Å². The Morgan fingerprint density at radius 1 is 1.53 bits per heavy atom. The summed E-state index contributed by atoms with van der Waals surface area (Å²) in [4.78, 5) is 20.3. The van der Waals surface area contributed by atoms with E-state index in [0.29, 0.717) is 5.82 Å². The first-order valence-corrected chi connectivity index (χ1v) is 6.23. The Labute approximate surface area is 110 Å². The van der Waals surface area contributed by atoms with E-state index in [0.717, 1.165) is 30.7 Å². The Morgan fingerprint density at radius 2 is 2.42 bits per heavy atom. The Kier molecular flexibility index (Phi) is 2.98. The fraction of sp³-hybridized carbons (Fsp3) is 0.385. The van der Waals surface area contributed by atoms with E-state index in [-0.39, 0.29) is 12.0 Å². The number of aryl methyl sites for hydroxylation is 1. The van der Waals surface area contributed by atoms with Crippen LogP contribution in [-0.4, -0.2) is 32.8 Å². The molecule has 6 nitrogen and oxygen atoms in total. The average molecular weight is 258 g/mol. The molecule has 2 aromatic rings. The van der Waals surface area contributed by atoms with Crippen molar-refractivity contribution < 1.29 is 9.53 Å². The van der Waals surface area contributed by atoms with Crippen molar-refractivity contribution in [3.8, 4) is 11.4 Å². The highest BCUT2D eigenvalue weighted by Gasteiger charge is 2.29. The number of pyridine rings is 1.